The second-order valence-electron chi connectivity index (χ2n) is 6.35. The second-order valence-corrected chi connectivity index (χ2v) is 6.35. The smallest absolute Gasteiger partial charge is 0.332 e. The number of carbonyl (C=O) groups excluding carboxylic acids is 2. The van der Waals surface area contributed by atoms with Crippen LogP contribution in [0.5, 0.6) is 0 Å². The molecule has 0 N–H and O–H groups in total. The molecule has 10 nitrogen and oxygen atoms in total. The van der Waals surface area contributed by atoms with E-state index in [1.807, 2.05) is 0 Å². The van der Waals surface area contributed by atoms with Crippen LogP contribution < -0.4 is 0 Å². The minimum atomic E-state index is -1.08. The van der Waals surface area contributed by atoms with Crippen molar-refractivity contribution >= 4 is 11.9 Å². The maximum atomic E-state index is 11.0. The zero-order chi connectivity index (χ0) is 21.7. The molecule has 0 heterocycles. The highest BCUT2D eigenvalue weighted by Gasteiger charge is 2.35. The molecule has 0 aromatic rings. The topological polar surface area (TPSA) is 139 Å². The van der Waals surface area contributed by atoms with Gasteiger partial charge in [0.15, 0.2) is 0 Å². The number of hydrogen-bond donors (Lipinski definition) is 0. The van der Waals surface area contributed by atoms with E-state index in [4.69, 9.17) is 0 Å². The largest absolute Gasteiger partial charge is 0.469 e. The van der Waals surface area contributed by atoms with Crippen molar-refractivity contribution in [1.82, 2.24) is 0 Å². The van der Waals surface area contributed by atoms with Crippen molar-refractivity contribution in [3.8, 4) is 0 Å². The summed E-state index contributed by atoms with van der Waals surface area (Å²) in [6.45, 7) is 12.6. The quantitative estimate of drug-likeness (QED) is 0.289. The Morgan fingerprint density at radius 2 is 1.44 bits per heavy atom. The molecule has 0 radical (unpaired) electrons. The van der Waals surface area contributed by atoms with Crippen molar-refractivity contribution < 1.29 is 28.9 Å². The zero-order valence-corrected chi connectivity index (χ0v) is 16.7. The SMILES string of the molecule is C.C=C(C)C(=O)OC.CC(C)[N+](=O)[O-].COC(=O)C(C)CC(C)(C)[N+](=O)[O-]. The summed E-state index contributed by atoms with van der Waals surface area (Å²) in [6.07, 6.45) is 0.187. The number of rotatable bonds is 6. The molecule has 27 heavy (non-hydrogen) atoms. The Labute approximate surface area is 161 Å². The number of carbonyl (C=O) groups is 2. The first-order chi connectivity index (χ1) is 11.6. The lowest BCUT2D eigenvalue weighted by Crippen LogP contribution is -2.35. The van der Waals surface area contributed by atoms with Gasteiger partial charge in [0, 0.05) is 49.5 Å². The fourth-order valence-electron chi connectivity index (χ4n) is 1.28. The fourth-order valence-corrected chi connectivity index (χ4v) is 1.28. The molecule has 0 aromatic heterocycles. The van der Waals surface area contributed by atoms with Crippen molar-refractivity contribution in [2.75, 3.05) is 14.2 Å². The van der Waals surface area contributed by atoms with Gasteiger partial charge in [0.25, 0.3) is 0 Å². The van der Waals surface area contributed by atoms with Crippen molar-refractivity contribution in [3.63, 3.8) is 0 Å². The van der Waals surface area contributed by atoms with Gasteiger partial charge in [-0.2, -0.15) is 0 Å². The van der Waals surface area contributed by atoms with Crippen LogP contribution in [-0.4, -0.2) is 47.6 Å². The summed E-state index contributed by atoms with van der Waals surface area (Å²) in [5.74, 6) is -1.19. The summed E-state index contributed by atoms with van der Waals surface area (Å²) in [7, 11) is 2.61. The van der Waals surface area contributed by atoms with Gasteiger partial charge in [-0.3, -0.25) is 25.0 Å². The molecule has 0 aliphatic heterocycles. The molecule has 0 aromatic carbocycles. The van der Waals surface area contributed by atoms with E-state index in [0.29, 0.717) is 5.57 Å². The van der Waals surface area contributed by atoms with Crippen LogP contribution in [0.4, 0.5) is 0 Å². The Morgan fingerprint density at radius 3 is 1.59 bits per heavy atom. The van der Waals surface area contributed by atoms with Crippen LogP contribution in [0.25, 0.3) is 0 Å². The molecule has 0 aliphatic carbocycles. The maximum Gasteiger partial charge on any atom is 0.332 e. The Hall–Kier alpha value is -2.52. The lowest BCUT2D eigenvalue weighted by Gasteiger charge is -2.18. The van der Waals surface area contributed by atoms with E-state index in [1.54, 1.807) is 27.7 Å². The zero-order valence-electron chi connectivity index (χ0n) is 16.7. The molecule has 0 amide bonds. The van der Waals surface area contributed by atoms with Gasteiger partial charge < -0.3 is 9.47 Å². The predicted molar refractivity (Wildman–Crippen MR) is 103 cm³/mol. The summed E-state index contributed by atoms with van der Waals surface area (Å²) in [5.41, 5.74) is -0.643. The minimum absolute atomic E-state index is 0. The van der Waals surface area contributed by atoms with Crippen LogP contribution in [0.2, 0.25) is 0 Å². The second kappa shape index (κ2) is 15.7. The van der Waals surface area contributed by atoms with Crippen LogP contribution in [0, 0.1) is 26.1 Å². The Bertz CT molecular complexity index is 501. The third kappa shape index (κ3) is 18.1. The van der Waals surface area contributed by atoms with Gasteiger partial charge >= 0.3 is 11.9 Å². The van der Waals surface area contributed by atoms with E-state index < -0.39 is 23.5 Å². The lowest BCUT2D eigenvalue weighted by molar-refractivity contribution is -0.562. The molecule has 0 bridgehead atoms. The third-order valence-electron chi connectivity index (χ3n) is 2.86. The molecular formula is C17H34N2O8. The van der Waals surface area contributed by atoms with Gasteiger partial charge in [0.1, 0.15) is 0 Å². The number of ether oxygens (including phenoxy) is 2. The van der Waals surface area contributed by atoms with Gasteiger partial charge in [-0.1, -0.05) is 20.9 Å². The van der Waals surface area contributed by atoms with E-state index in [0.717, 1.165) is 0 Å². The van der Waals surface area contributed by atoms with Crippen LogP contribution in [0.15, 0.2) is 12.2 Å². The summed E-state index contributed by atoms with van der Waals surface area (Å²) in [6, 6.07) is -0.426. The van der Waals surface area contributed by atoms with Crippen molar-refractivity contribution in [1.29, 1.82) is 0 Å². The normalized spacial score (nSPS) is 10.6. The molecular weight excluding hydrogens is 360 g/mol. The summed E-state index contributed by atoms with van der Waals surface area (Å²) < 4.78 is 8.75. The third-order valence-corrected chi connectivity index (χ3v) is 2.86. The van der Waals surface area contributed by atoms with Crippen LogP contribution >= 0.6 is 0 Å². The van der Waals surface area contributed by atoms with Crippen molar-refractivity contribution in [2.24, 2.45) is 5.92 Å². The van der Waals surface area contributed by atoms with Crippen LogP contribution in [0.1, 0.15) is 55.4 Å². The van der Waals surface area contributed by atoms with Gasteiger partial charge in [-0.15, -0.1) is 0 Å². The van der Waals surface area contributed by atoms with E-state index in [-0.39, 0.29) is 29.7 Å². The average Bonchev–Trinajstić information content (AvgIpc) is 2.53. The molecule has 0 fully saturated rings. The molecule has 160 valence electrons. The van der Waals surface area contributed by atoms with E-state index >= 15 is 0 Å². The van der Waals surface area contributed by atoms with E-state index in [9.17, 15) is 29.8 Å². The highest BCUT2D eigenvalue weighted by molar-refractivity contribution is 5.86. The first kappa shape index (κ1) is 32.2. The molecule has 1 atom stereocenters. The number of methoxy groups -OCH3 is 2. The predicted octanol–water partition coefficient (Wildman–Crippen LogP) is 3.28. The van der Waals surface area contributed by atoms with Gasteiger partial charge in [-0.05, 0) is 6.92 Å². The van der Waals surface area contributed by atoms with E-state index in [1.165, 1.54) is 28.1 Å². The molecule has 10 heteroatoms. The Balaban J connectivity index is -0.000000160. The minimum Gasteiger partial charge on any atom is -0.469 e. The maximum absolute atomic E-state index is 11.0. The molecule has 0 aliphatic rings. The molecule has 1 unspecified atom stereocenters. The molecule has 0 saturated carbocycles. The highest BCUT2D eigenvalue weighted by atomic mass is 16.6. The first-order valence-corrected chi connectivity index (χ1v) is 7.73. The molecule has 0 rings (SSSR count). The Kier molecular flexibility index (Phi) is 18.7. The summed E-state index contributed by atoms with van der Waals surface area (Å²) in [5, 5.41) is 20.0. The molecule has 0 spiro atoms. The summed E-state index contributed by atoms with van der Waals surface area (Å²) >= 11 is 0. The standard InChI is InChI=1S/C8H15NO4.C5H8O2.C3H7NO2.CH4/c1-6(7(10)13-4)5-8(2,3)9(11)12;1-4(2)5(6)7-3;1-3(2)4(5)6;/h6H,5H2,1-4H3;1H2,2-3H3;3H,1-2H3;1H4. The Morgan fingerprint density at radius 1 is 1.07 bits per heavy atom. The van der Waals surface area contributed by atoms with E-state index in [2.05, 4.69) is 16.1 Å². The van der Waals surface area contributed by atoms with Gasteiger partial charge in [0.05, 0.1) is 20.1 Å². The monoisotopic (exact) mass is 394 g/mol. The number of nitro groups is 2. The summed E-state index contributed by atoms with van der Waals surface area (Å²) in [4.78, 5) is 40.5. The molecule has 0 saturated heterocycles. The number of nitrogens with zero attached hydrogens (tertiary/aromatic N) is 2. The number of esters is 2. The van der Waals surface area contributed by atoms with Crippen LogP contribution in [-0.2, 0) is 19.1 Å². The van der Waals surface area contributed by atoms with Crippen molar-refractivity contribution in [2.45, 2.75) is 67.0 Å². The first-order valence-electron chi connectivity index (χ1n) is 7.73. The average molecular weight is 394 g/mol. The fraction of sp³-hybridized carbons (Fsp3) is 0.765. The van der Waals surface area contributed by atoms with Gasteiger partial charge in [0.2, 0.25) is 11.6 Å². The van der Waals surface area contributed by atoms with Crippen LogP contribution in [0.3, 0.4) is 0 Å². The van der Waals surface area contributed by atoms with Crippen molar-refractivity contribution in [3.05, 3.63) is 32.4 Å². The lowest BCUT2D eigenvalue weighted by atomic mass is 9.92. The number of hydrogen-bond acceptors (Lipinski definition) is 8. The van der Waals surface area contributed by atoms with Gasteiger partial charge in [-0.25, -0.2) is 4.79 Å². The highest BCUT2D eigenvalue weighted by Crippen LogP contribution is 2.20.